The fourth-order valence-electron chi connectivity index (χ4n) is 3.06. The summed E-state index contributed by atoms with van der Waals surface area (Å²) >= 11 is 12.0. The van der Waals surface area contributed by atoms with Crippen LogP contribution in [0.15, 0.2) is 55.0 Å². The van der Waals surface area contributed by atoms with Crippen LogP contribution in [0.1, 0.15) is 11.1 Å². The van der Waals surface area contributed by atoms with Gasteiger partial charge < -0.3 is 19.1 Å². The van der Waals surface area contributed by atoms with Gasteiger partial charge in [0.05, 0.1) is 11.9 Å². The van der Waals surface area contributed by atoms with Crippen molar-refractivity contribution in [3.05, 3.63) is 82.0 Å². The highest BCUT2D eigenvalue weighted by atomic mass is 35.5. The van der Waals surface area contributed by atoms with Crippen LogP contribution in [0.4, 0.5) is 9.18 Å². The van der Waals surface area contributed by atoms with E-state index < -0.39 is 12.0 Å². The van der Waals surface area contributed by atoms with Crippen LogP contribution in [0.3, 0.4) is 0 Å². The van der Waals surface area contributed by atoms with Crippen molar-refractivity contribution >= 4 is 40.4 Å². The summed E-state index contributed by atoms with van der Waals surface area (Å²) in [6, 6.07) is 11.1. The minimum Gasteiger partial charge on any atom is -0.488 e. The standard InChI is InChI=1S/C21H14Cl2FN3O4/c22-14-3-4-18(30-10-12-1-2-15(23)8-17(12)24)13(7-14)9-27-6-5-16-19(27)25-11-26-20(16)31-21(28)29/h1-8,11H,9-10H2,(H,28,29). The van der Waals surface area contributed by atoms with E-state index in [2.05, 4.69) is 9.97 Å². The molecule has 0 unspecified atom stereocenters. The molecule has 10 heteroatoms. The lowest BCUT2D eigenvalue weighted by atomic mass is 10.2. The summed E-state index contributed by atoms with van der Waals surface area (Å²) < 4.78 is 26.4. The molecule has 2 heterocycles. The molecule has 0 fully saturated rings. The van der Waals surface area contributed by atoms with E-state index in [9.17, 15) is 9.18 Å². The molecule has 1 N–H and O–H groups in total. The highest BCUT2D eigenvalue weighted by Crippen LogP contribution is 2.28. The minimum atomic E-state index is -1.47. The van der Waals surface area contributed by atoms with Crippen molar-refractivity contribution in [1.82, 2.24) is 14.5 Å². The molecule has 4 rings (SSSR count). The first-order chi connectivity index (χ1) is 14.9. The van der Waals surface area contributed by atoms with Crippen molar-refractivity contribution in [1.29, 1.82) is 0 Å². The summed E-state index contributed by atoms with van der Waals surface area (Å²) in [6.07, 6.45) is 1.47. The first-order valence-electron chi connectivity index (χ1n) is 8.96. The van der Waals surface area contributed by atoms with Crippen LogP contribution < -0.4 is 9.47 Å². The van der Waals surface area contributed by atoms with Crippen LogP contribution in [-0.4, -0.2) is 25.8 Å². The average Bonchev–Trinajstić information content (AvgIpc) is 3.12. The van der Waals surface area contributed by atoms with Gasteiger partial charge in [-0.3, -0.25) is 0 Å². The first-order valence-corrected chi connectivity index (χ1v) is 9.72. The molecule has 0 saturated carbocycles. The van der Waals surface area contributed by atoms with E-state index in [0.717, 1.165) is 5.56 Å². The Morgan fingerprint density at radius 1 is 1.06 bits per heavy atom. The molecule has 0 atom stereocenters. The van der Waals surface area contributed by atoms with Gasteiger partial charge in [-0.15, -0.1) is 0 Å². The summed E-state index contributed by atoms with van der Waals surface area (Å²) in [6.45, 7) is 0.314. The Balaban J connectivity index is 1.62. The van der Waals surface area contributed by atoms with Crippen molar-refractivity contribution in [3.8, 4) is 11.6 Å². The number of carboxylic acid groups (broad SMARTS) is 1. The van der Waals surface area contributed by atoms with E-state index in [1.165, 1.54) is 12.4 Å². The predicted molar refractivity (Wildman–Crippen MR) is 112 cm³/mol. The van der Waals surface area contributed by atoms with Crippen molar-refractivity contribution in [2.24, 2.45) is 0 Å². The van der Waals surface area contributed by atoms with Crippen LogP contribution in [-0.2, 0) is 13.2 Å². The van der Waals surface area contributed by atoms with Gasteiger partial charge in [0.1, 0.15) is 30.1 Å². The molecule has 0 spiro atoms. The molecular weight excluding hydrogens is 448 g/mol. The predicted octanol–water partition coefficient (Wildman–Crippen LogP) is 5.56. The molecular formula is C21H14Cl2FN3O4. The zero-order chi connectivity index (χ0) is 22.0. The lowest BCUT2D eigenvalue weighted by molar-refractivity contribution is 0.143. The molecule has 0 aliphatic rings. The van der Waals surface area contributed by atoms with Gasteiger partial charge in [0.2, 0.25) is 5.88 Å². The van der Waals surface area contributed by atoms with Crippen LogP contribution in [0.25, 0.3) is 11.0 Å². The Labute approximate surface area is 185 Å². The second-order valence-electron chi connectivity index (χ2n) is 6.50. The number of carbonyl (C=O) groups is 1. The molecule has 4 aromatic rings. The maximum absolute atomic E-state index is 14.1. The molecule has 7 nitrogen and oxygen atoms in total. The molecule has 31 heavy (non-hydrogen) atoms. The fourth-order valence-corrected chi connectivity index (χ4v) is 3.42. The normalized spacial score (nSPS) is 10.9. The van der Waals surface area contributed by atoms with Crippen molar-refractivity contribution in [2.75, 3.05) is 0 Å². The number of rotatable bonds is 6. The van der Waals surface area contributed by atoms with E-state index in [0.29, 0.717) is 38.9 Å². The highest BCUT2D eigenvalue weighted by Gasteiger charge is 2.14. The Morgan fingerprint density at radius 2 is 1.84 bits per heavy atom. The third kappa shape index (κ3) is 4.70. The molecule has 0 bridgehead atoms. The Bertz CT molecular complexity index is 1280. The molecule has 0 radical (unpaired) electrons. The molecule has 2 aromatic carbocycles. The van der Waals surface area contributed by atoms with Gasteiger partial charge in [-0.05, 0) is 36.4 Å². The quantitative estimate of drug-likeness (QED) is 0.378. The van der Waals surface area contributed by atoms with Gasteiger partial charge in [0.15, 0.2) is 0 Å². The lowest BCUT2D eigenvalue weighted by Gasteiger charge is -2.14. The van der Waals surface area contributed by atoms with Crippen molar-refractivity contribution in [2.45, 2.75) is 13.2 Å². The summed E-state index contributed by atoms with van der Waals surface area (Å²) in [7, 11) is 0. The monoisotopic (exact) mass is 461 g/mol. The summed E-state index contributed by atoms with van der Waals surface area (Å²) in [5.74, 6) is -0.00391. The SMILES string of the molecule is O=C(O)Oc1ncnc2c1ccn2Cc1cc(Cl)ccc1OCc1ccc(Cl)cc1F. The van der Waals surface area contributed by atoms with E-state index in [-0.39, 0.29) is 12.5 Å². The molecule has 0 aliphatic heterocycles. The maximum Gasteiger partial charge on any atom is 0.512 e. The number of benzene rings is 2. The van der Waals surface area contributed by atoms with Crippen LogP contribution >= 0.6 is 23.2 Å². The van der Waals surface area contributed by atoms with Gasteiger partial charge in [-0.1, -0.05) is 29.3 Å². The summed E-state index contributed by atoms with van der Waals surface area (Å²) in [5, 5.41) is 10.1. The highest BCUT2D eigenvalue weighted by molar-refractivity contribution is 6.30. The zero-order valence-electron chi connectivity index (χ0n) is 15.8. The number of hydrogen-bond donors (Lipinski definition) is 1. The molecule has 158 valence electrons. The third-order valence-corrected chi connectivity index (χ3v) is 4.94. The fraction of sp³-hybridized carbons (Fsp3) is 0.0952. The van der Waals surface area contributed by atoms with Gasteiger partial charge in [0.25, 0.3) is 0 Å². The Kier molecular flexibility index (Phi) is 5.92. The Morgan fingerprint density at radius 3 is 2.61 bits per heavy atom. The number of halogens is 3. The molecule has 0 aliphatic carbocycles. The van der Waals surface area contributed by atoms with Gasteiger partial charge in [-0.2, -0.15) is 0 Å². The lowest BCUT2D eigenvalue weighted by Crippen LogP contribution is -2.06. The number of fused-ring (bicyclic) bond motifs is 1. The number of aromatic nitrogens is 3. The zero-order valence-corrected chi connectivity index (χ0v) is 17.3. The molecule has 0 amide bonds. The van der Waals surface area contributed by atoms with Crippen molar-refractivity contribution in [3.63, 3.8) is 0 Å². The molecule has 2 aromatic heterocycles. The third-order valence-electron chi connectivity index (χ3n) is 4.47. The van der Waals surface area contributed by atoms with Crippen LogP contribution in [0, 0.1) is 5.82 Å². The van der Waals surface area contributed by atoms with Gasteiger partial charge in [-0.25, -0.2) is 19.2 Å². The largest absolute Gasteiger partial charge is 0.512 e. The van der Waals surface area contributed by atoms with E-state index in [1.54, 1.807) is 47.2 Å². The van der Waals surface area contributed by atoms with E-state index in [4.69, 9.17) is 37.8 Å². The number of nitrogens with zero attached hydrogens (tertiary/aromatic N) is 3. The number of ether oxygens (including phenoxy) is 2. The Hall–Kier alpha value is -3.36. The number of hydrogen-bond acceptors (Lipinski definition) is 5. The van der Waals surface area contributed by atoms with E-state index in [1.807, 2.05) is 0 Å². The van der Waals surface area contributed by atoms with Crippen LogP contribution in [0.2, 0.25) is 10.0 Å². The van der Waals surface area contributed by atoms with Gasteiger partial charge in [0, 0.05) is 27.4 Å². The van der Waals surface area contributed by atoms with Crippen molar-refractivity contribution < 1.29 is 23.8 Å². The average molecular weight is 462 g/mol. The van der Waals surface area contributed by atoms with Crippen LogP contribution in [0.5, 0.6) is 11.6 Å². The second kappa shape index (κ2) is 8.79. The summed E-state index contributed by atoms with van der Waals surface area (Å²) in [5.41, 5.74) is 1.56. The maximum atomic E-state index is 14.1. The minimum absolute atomic E-state index is 0.00281. The molecule has 0 saturated heterocycles. The second-order valence-corrected chi connectivity index (χ2v) is 7.38. The van der Waals surface area contributed by atoms with E-state index >= 15 is 0 Å². The smallest absolute Gasteiger partial charge is 0.488 e. The summed E-state index contributed by atoms with van der Waals surface area (Å²) in [4.78, 5) is 18.9. The van der Waals surface area contributed by atoms with Gasteiger partial charge >= 0.3 is 6.16 Å². The first kappa shape index (κ1) is 20.9. The topological polar surface area (TPSA) is 86.5 Å².